The van der Waals surface area contributed by atoms with E-state index >= 15 is 0 Å². The third kappa shape index (κ3) is 4.99. The Balaban J connectivity index is 1.57. The van der Waals surface area contributed by atoms with E-state index in [9.17, 15) is 14.4 Å². The molecule has 0 bridgehead atoms. The summed E-state index contributed by atoms with van der Waals surface area (Å²) < 4.78 is 11.5. The third-order valence-corrected chi connectivity index (χ3v) is 5.44. The highest BCUT2D eigenvalue weighted by Gasteiger charge is 2.35. The first-order chi connectivity index (χ1) is 16.5. The van der Waals surface area contributed by atoms with Gasteiger partial charge in [-0.3, -0.25) is 19.8 Å². The van der Waals surface area contributed by atoms with Crippen molar-refractivity contribution >= 4 is 23.9 Å². The first-order valence-electron chi connectivity index (χ1n) is 10.8. The molecule has 0 unspecified atom stereocenters. The van der Waals surface area contributed by atoms with Crippen LogP contribution < -0.4 is 14.8 Å². The van der Waals surface area contributed by atoms with Crippen LogP contribution in [0.1, 0.15) is 29.7 Å². The number of ether oxygens (including phenoxy) is 2. The average Bonchev–Trinajstić information content (AvgIpc) is 2.86. The molecule has 1 N–H and O–H groups in total. The molecule has 0 saturated carbocycles. The zero-order valence-corrected chi connectivity index (χ0v) is 18.9. The Morgan fingerprint density at radius 3 is 2.26 bits per heavy atom. The number of imide groups is 2. The summed E-state index contributed by atoms with van der Waals surface area (Å²) in [5.41, 5.74) is 2.21. The zero-order chi connectivity index (χ0) is 24.1. The quantitative estimate of drug-likeness (QED) is 0.418. The summed E-state index contributed by atoms with van der Waals surface area (Å²) in [7, 11) is 1.52. The molecule has 4 amide bonds. The third-order valence-electron chi connectivity index (χ3n) is 5.44. The smallest absolute Gasteiger partial charge is 0.331 e. The van der Waals surface area contributed by atoms with E-state index in [4.69, 9.17) is 9.47 Å². The molecule has 3 aromatic carbocycles. The summed E-state index contributed by atoms with van der Waals surface area (Å²) in [5.74, 6) is -0.412. The number of carbonyl (C=O) groups is 3. The SMILES string of the molecule is COc1cc(/C=C2\C(=O)NC(=O)N(Cc3ccccc3)C2=O)ccc1O[C@@H](C)c1ccccc1. The molecule has 1 heterocycles. The summed E-state index contributed by atoms with van der Waals surface area (Å²) in [6.07, 6.45) is 1.23. The fourth-order valence-electron chi connectivity index (χ4n) is 3.62. The first kappa shape index (κ1) is 22.8. The van der Waals surface area contributed by atoms with E-state index in [1.54, 1.807) is 30.3 Å². The molecule has 1 saturated heterocycles. The highest BCUT2D eigenvalue weighted by molar-refractivity contribution is 6.30. The number of methoxy groups -OCH3 is 1. The van der Waals surface area contributed by atoms with Crippen molar-refractivity contribution in [3.8, 4) is 11.5 Å². The summed E-state index contributed by atoms with van der Waals surface area (Å²) in [5, 5.41) is 2.24. The maximum atomic E-state index is 13.0. The summed E-state index contributed by atoms with van der Waals surface area (Å²) in [4.78, 5) is 38.7. The first-order valence-corrected chi connectivity index (χ1v) is 10.8. The van der Waals surface area contributed by atoms with Gasteiger partial charge < -0.3 is 9.47 Å². The van der Waals surface area contributed by atoms with Gasteiger partial charge in [-0.05, 0) is 41.8 Å². The van der Waals surface area contributed by atoms with Gasteiger partial charge in [0.15, 0.2) is 11.5 Å². The van der Waals surface area contributed by atoms with Gasteiger partial charge in [0, 0.05) is 0 Å². The maximum Gasteiger partial charge on any atom is 0.331 e. The van der Waals surface area contributed by atoms with E-state index in [2.05, 4.69) is 5.32 Å². The van der Waals surface area contributed by atoms with E-state index < -0.39 is 17.8 Å². The second kappa shape index (κ2) is 10.0. The summed E-state index contributed by atoms with van der Waals surface area (Å²) >= 11 is 0. The molecule has 0 radical (unpaired) electrons. The minimum atomic E-state index is -0.743. The molecular weight excluding hydrogens is 432 g/mol. The van der Waals surface area contributed by atoms with Crippen LogP contribution in [0.3, 0.4) is 0 Å². The minimum absolute atomic E-state index is 0.0591. The second-order valence-corrected chi connectivity index (χ2v) is 7.78. The van der Waals surface area contributed by atoms with E-state index in [-0.39, 0.29) is 18.2 Å². The summed E-state index contributed by atoms with van der Waals surface area (Å²) in [6, 6.07) is 23.3. The van der Waals surface area contributed by atoms with Crippen molar-refractivity contribution in [2.75, 3.05) is 7.11 Å². The van der Waals surface area contributed by atoms with Crippen LogP contribution in [-0.2, 0) is 16.1 Å². The Kier molecular flexibility index (Phi) is 6.73. The van der Waals surface area contributed by atoms with Crippen LogP contribution in [0.15, 0.2) is 84.4 Å². The molecule has 3 aromatic rings. The fourth-order valence-corrected chi connectivity index (χ4v) is 3.62. The number of hydrogen-bond donors (Lipinski definition) is 1. The van der Waals surface area contributed by atoms with Crippen LogP contribution in [-0.4, -0.2) is 29.9 Å². The standard InChI is InChI=1S/C27H24N2O5/c1-18(21-11-7-4-8-12-21)34-23-14-13-20(16-24(23)33-2)15-22-25(30)28-27(32)29(26(22)31)17-19-9-5-3-6-10-19/h3-16,18H,17H2,1-2H3,(H,28,30,32)/b22-15+/t18-/m0/s1. The Hall–Kier alpha value is -4.39. The molecule has 1 aliphatic heterocycles. The van der Waals surface area contributed by atoms with Gasteiger partial charge in [-0.25, -0.2) is 4.79 Å². The Morgan fingerprint density at radius 2 is 1.59 bits per heavy atom. The molecule has 1 atom stereocenters. The largest absolute Gasteiger partial charge is 0.493 e. The fraction of sp³-hybridized carbons (Fsp3) is 0.148. The van der Waals surface area contributed by atoms with Crippen molar-refractivity contribution in [2.45, 2.75) is 19.6 Å². The van der Waals surface area contributed by atoms with Crippen LogP contribution in [0.25, 0.3) is 6.08 Å². The molecule has 34 heavy (non-hydrogen) atoms. The van der Waals surface area contributed by atoms with Crippen LogP contribution in [0.5, 0.6) is 11.5 Å². The van der Waals surface area contributed by atoms with E-state index in [1.165, 1.54) is 13.2 Å². The number of barbiturate groups is 1. The molecule has 172 valence electrons. The number of hydrogen-bond acceptors (Lipinski definition) is 5. The molecule has 4 rings (SSSR count). The lowest BCUT2D eigenvalue weighted by Crippen LogP contribution is -2.53. The number of benzene rings is 3. The lowest BCUT2D eigenvalue weighted by atomic mass is 10.1. The number of amides is 4. The molecule has 0 spiro atoms. The van der Waals surface area contributed by atoms with E-state index in [1.807, 2.05) is 55.5 Å². The van der Waals surface area contributed by atoms with Crippen LogP contribution in [0.4, 0.5) is 4.79 Å². The van der Waals surface area contributed by atoms with Crippen LogP contribution in [0.2, 0.25) is 0 Å². The lowest BCUT2D eigenvalue weighted by molar-refractivity contribution is -0.130. The van der Waals surface area contributed by atoms with Gasteiger partial charge in [0.25, 0.3) is 11.8 Å². The van der Waals surface area contributed by atoms with Crippen molar-refractivity contribution in [3.63, 3.8) is 0 Å². The van der Waals surface area contributed by atoms with E-state index in [0.29, 0.717) is 17.1 Å². The van der Waals surface area contributed by atoms with Crippen molar-refractivity contribution in [3.05, 3.63) is 101 Å². The van der Waals surface area contributed by atoms with Crippen LogP contribution >= 0.6 is 0 Å². The number of carbonyl (C=O) groups excluding carboxylic acids is 3. The molecule has 1 fully saturated rings. The normalized spacial score (nSPS) is 15.8. The molecule has 7 nitrogen and oxygen atoms in total. The highest BCUT2D eigenvalue weighted by atomic mass is 16.5. The van der Waals surface area contributed by atoms with Gasteiger partial charge in [0.1, 0.15) is 11.7 Å². The number of rotatable bonds is 7. The van der Waals surface area contributed by atoms with Crippen molar-refractivity contribution < 1.29 is 23.9 Å². The van der Waals surface area contributed by atoms with Gasteiger partial charge in [-0.2, -0.15) is 0 Å². The number of urea groups is 1. The molecular formula is C27H24N2O5. The van der Waals surface area contributed by atoms with Crippen molar-refractivity contribution in [1.29, 1.82) is 0 Å². The predicted octanol–water partition coefficient (Wildman–Crippen LogP) is 4.50. The van der Waals surface area contributed by atoms with Gasteiger partial charge in [-0.1, -0.05) is 66.7 Å². The average molecular weight is 456 g/mol. The second-order valence-electron chi connectivity index (χ2n) is 7.78. The monoisotopic (exact) mass is 456 g/mol. The zero-order valence-electron chi connectivity index (χ0n) is 18.9. The Bertz CT molecular complexity index is 1240. The van der Waals surface area contributed by atoms with Gasteiger partial charge in [0.05, 0.1) is 13.7 Å². The Morgan fingerprint density at radius 1 is 0.912 bits per heavy atom. The lowest BCUT2D eigenvalue weighted by Gasteiger charge is -2.26. The predicted molar refractivity (Wildman–Crippen MR) is 127 cm³/mol. The van der Waals surface area contributed by atoms with E-state index in [0.717, 1.165) is 16.0 Å². The van der Waals surface area contributed by atoms with Crippen molar-refractivity contribution in [2.24, 2.45) is 0 Å². The molecule has 0 aliphatic carbocycles. The molecule has 1 aliphatic rings. The topological polar surface area (TPSA) is 84.9 Å². The van der Waals surface area contributed by atoms with Gasteiger partial charge >= 0.3 is 6.03 Å². The Labute approximate surface area is 197 Å². The molecule has 0 aromatic heterocycles. The summed E-state index contributed by atoms with van der Waals surface area (Å²) in [6.45, 7) is 2.00. The maximum absolute atomic E-state index is 13.0. The highest BCUT2D eigenvalue weighted by Crippen LogP contribution is 2.33. The van der Waals surface area contributed by atoms with Gasteiger partial charge in [0.2, 0.25) is 0 Å². The number of nitrogens with zero attached hydrogens (tertiary/aromatic N) is 1. The minimum Gasteiger partial charge on any atom is -0.493 e. The van der Waals surface area contributed by atoms with Crippen LogP contribution in [0, 0.1) is 0 Å². The van der Waals surface area contributed by atoms with Crippen molar-refractivity contribution in [1.82, 2.24) is 10.2 Å². The number of nitrogens with one attached hydrogen (secondary N) is 1. The van der Waals surface area contributed by atoms with Gasteiger partial charge in [-0.15, -0.1) is 0 Å². The molecule has 7 heteroatoms.